The number of pyridine rings is 1. The van der Waals surface area contributed by atoms with Gasteiger partial charge < -0.3 is 19.1 Å². The summed E-state index contributed by atoms with van der Waals surface area (Å²) in [6, 6.07) is 3.52. The van der Waals surface area contributed by atoms with Gasteiger partial charge in [-0.3, -0.25) is 4.79 Å². The van der Waals surface area contributed by atoms with Crippen LogP contribution >= 0.6 is 0 Å². The minimum atomic E-state index is -0.406. The maximum atomic E-state index is 13.0. The van der Waals surface area contributed by atoms with E-state index in [2.05, 4.69) is 4.98 Å². The number of carbonyl (C=O) groups excluding carboxylic acids is 1. The van der Waals surface area contributed by atoms with Crippen molar-refractivity contribution in [3.63, 3.8) is 0 Å². The molecule has 25 heavy (non-hydrogen) atoms. The number of rotatable bonds is 2. The molecule has 6 heteroatoms. The first-order valence-corrected chi connectivity index (χ1v) is 8.80. The molecule has 2 fully saturated rings. The summed E-state index contributed by atoms with van der Waals surface area (Å²) in [6.45, 7) is 12.2. The van der Waals surface area contributed by atoms with Crippen LogP contribution in [0.15, 0.2) is 18.3 Å². The van der Waals surface area contributed by atoms with Crippen LogP contribution in [-0.2, 0) is 9.47 Å². The van der Waals surface area contributed by atoms with Crippen molar-refractivity contribution in [1.82, 2.24) is 9.88 Å². The molecule has 1 atom stereocenters. The maximum absolute atomic E-state index is 13.0. The van der Waals surface area contributed by atoms with Crippen molar-refractivity contribution >= 4 is 5.91 Å². The quantitative estimate of drug-likeness (QED) is 0.822. The van der Waals surface area contributed by atoms with E-state index in [9.17, 15) is 4.79 Å². The van der Waals surface area contributed by atoms with Crippen LogP contribution in [0, 0.1) is 0 Å². The maximum Gasteiger partial charge on any atom is 0.272 e. The number of nitrogens with zero attached hydrogens (tertiary/aromatic N) is 2. The zero-order valence-corrected chi connectivity index (χ0v) is 15.8. The zero-order valence-electron chi connectivity index (χ0n) is 15.8. The van der Waals surface area contributed by atoms with E-state index in [1.54, 1.807) is 18.3 Å². The monoisotopic (exact) mass is 348 g/mol. The molecular formula is C19H28N2O4. The number of morpholine rings is 1. The summed E-state index contributed by atoms with van der Waals surface area (Å²) in [5, 5.41) is 0. The third-order valence-corrected chi connectivity index (χ3v) is 4.28. The first-order valence-electron chi connectivity index (χ1n) is 8.80. The largest absolute Gasteiger partial charge is 0.487 e. The van der Waals surface area contributed by atoms with Crippen LogP contribution in [0.25, 0.3) is 0 Å². The molecule has 0 bridgehead atoms. The summed E-state index contributed by atoms with van der Waals surface area (Å²) in [6.07, 6.45) is 2.42. The molecule has 0 saturated carbocycles. The molecule has 1 spiro atoms. The Morgan fingerprint density at radius 2 is 2.04 bits per heavy atom. The minimum absolute atomic E-state index is 0.0787. The van der Waals surface area contributed by atoms with Gasteiger partial charge >= 0.3 is 0 Å². The van der Waals surface area contributed by atoms with Crippen LogP contribution in [0.1, 0.15) is 51.5 Å². The summed E-state index contributed by atoms with van der Waals surface area (Å²) in [5.74, 6) is 0.581. The van der Waals surface area contributed by atoms with Crippen molar-refractivity contribution in [1.29, 1.82) is 0 Å². The molecule has 1 unspecified atom stereocenters. The zero-order chi connectivity index (χ0) is 18.3. The van der Waals surface area contributed by atoms with Gasteiger partial charge in [-0.15, -0.1) is 0 Å². The molecule has 2 saturated heterocycles. The minimum Gasteiger partial charge on any atom is -0.487 e. The molecule has 2 aliphatic heterocycles. The van der Waals surface area contributed by atoms with Gasteiger partial charge in [-0.05, 0) is 46.8 Å². The fourth-order valence-corrected chi connectivity index (χ4v) is 3.53. The number of amides is 1. The molecular weight excluding hydrogens is 320 g/mol. The Kier molecular flexibility index (Phi) is 4.54. The number of hydrogen-bond donors (Lipinski definition) is 0. The van der Waals surface area contributed by atoms with E-state index in [1.807, 2.05) is 39.5 Å². The Bertz CT molecular complexity index is 628. The van der Waals surface area contributed by atoms with E-state index in [0.29, 0.717) is 37.7 Å². The van der Waals surface area contributed by atoms with E-state index in [0.717, 1.165) is 6.42 Å². The normalized spacial score (nSPS) is 26.0. The lowest BCUT2D eigenvalue weighted by atomic mass is 9.94. The standard InChI is InChI=1S/C19H28N2O4/c1-17(2,3)24-14-6-7-15(20-10-14)16(22)21-11-18(4,5)25-19(12-21)8-9-23-13-19/h6-7,10H,8-9,11-13H2,1-5H3. The van der Waals surface area contributed by atoms with Gasteiger partial charge in [0.2, 0.25) is 0 Å². The molecule has 0 aliphatic carbocycles. The summed E-state index contributed by atoms with van der Waals surface area (Å²) in [5.41, 5.74) is -0.673. The summed E-state index contributed by atoms with van der Waals surface area (Å²) >= 11 is 0. The average Bonchev–Trinajstić information content (AvgIpc) is 2.91. The summed E-state index contributed by atoms with van der Waals surface area (Å²) < 4.78 is 17.6. The van der Waals surface area contributed by atoms with Gasteiger partial charge in [0.15, 0.2) is 0 Å². The van der Waals surface area contributed by atoms with Crippen molar-refractivity contribution < 1.29 is 19.0 Å². The van der Waals surface area contributed by atoms with Gasteiger partial charge in [-0.1, -0.05) is 0 Å². The molecule has 3 heterocycles. The topological polar surface area (TPSA) is 60.9 Å². The predicted octanol–water partition coefficient (Wildman–Crippen LogP) is 2.67. The lowest BCUT2D eigenvalue weighted by molar-refractivity contribution is -0.186. The van der Waals surface area contributed by atoms with Gasteiger partial charge in [0.1, 0.15) is 22.6 Å². The lowest BCUT2D eigenvalue weighted by Gasteiger charge is -2.47. The van der Waals surface area contributed by atoms with Crippen molar-refractivity contribution in [3.05, 3.63) is 24.0 Å². The lowest BCUT2D eigenvalue weighted by Crippen LogP contribution is -2.61. The second-order valence-electron chi connectivity index (χ2n) is 8.60. The van der Waals surface area contributed by atoms with Gasteiger partial charge in [0.25, 0.3) is 5.91 Å². The Balaban J connectivity index is 1.75. The second kappa shape index (κ2) is 6.25. The predicted molar refractivity (Wildman–Crippen MR) is 93.9 cm³/mol. The van der Waals surface area contributed by atoms with Crippen LogP contribution < -0.4 is 4.74 Å². The molecule has 0 N–H and O–H groups in total. The van der Waals surface area contributed by atoms with Crippen molar-refractivity contribution in [3.8, 4) is 5.75 Å². The van der Waals surface area contributed by atoms with E-state index in [1.165, 1.54) is 0 Å². The van der Waals surface area contributed by atoms with Crippen LogP contribution in [-0.4, -0.2) is 58.9 Å². The first-order chi connectivity index (χ1) is 11.6. The summed E-state index contributed by atoms with van der Waals surface area (Å²) in [7, 11) is 0. The highest BCUT2D eigenvalue weighted by Gasteiger charge is 2.48. The fourth-order valence-electron chi connectivity index (χ4n) is 3.53. The molecule has 6 nitrogen and oxygen atoms in total. The molecule has 3 rings (SSSR count). The number of ether oxygens (including phenoxy) is 3. The highest BCUT2D eigenvalue weighted by Crippen LogP contribution is 2.35. The second-order valence-corrected chi connectivity index (χ2v) is 8.60. The van der Waals surface area contributed by atoms with Gasteiger partial charge in [0, 0.05) is 19.6 Å². The van der Waals surface area contributed by atoms with Crippen LogP contribution in [0.3, 0.4) is 0 Å². The van der Waals surface area contributed by atoms with Gasteiger partial charge in [-0.2, -0.15) is 0 Å². The highest BCUT2D eigenvalue weighted by molar-refractivity contribution is 5.92. The third-order valence-electron chi connectivity index (χ3n) is 4.28. The number of carbonyl (C=O) groups is 1. The Hall–Kier alpha value is -1.66. The van der Waals surface area contributed by atoms with Crippen molar-refractivity contribution in [2.24, 2.45) is 0 Å². The number of hydrogen-bond acceptors (Lipinski definition) is 5. The van der Waals surface area contributed by atoms with Gasteiger partial charge in [-0.25, -0.2) is 4.98 Å². The van der Waals surface area contributed by atoms with Crippen LogP contribution in [0.4, 0.5) is 0 Å². The van der Waals surface area contributed by atoms with E-state index in [4.69, 9.17) is 14.2 Å². The Morgan fingerprint density at radius 1 is 1.28 bits per heavy atom. The van der Waals surface area contributed by atoms with E-state index >= 15 is 0 Å². The molecule has 138 valence electrons. The van der Waals surface area contributed by atoms with Crippen LogP contribution in [0.5, 0.6) is 5.75 Å². The summed E-state index contributed by atoms with van der Waals surface area (Å²) in [4.78, 5) is 19.1. The fraction of sp³-hybridized carbons (Fsp3) is 0.684. The smallest absolute Gasteiger partial charge is 0.272 e. The molecule has 1 amide bonds. The van der Waals surface area contributed by atoms with E-state index < -0.39 is 11.2 Å². The third kappa shape index (κ3) is 4.30. The van der Waals surface area contributed by atoms with E-state index in [-0.39, 0.29) is 11.5 Å². The molecule has 0 aromatic carbocycles. The first kappa shape index (κ1) is 18.1. The molecule has 1 aromatic rings. The SMILES string of the molecule is CC(C)(C)Oc1ccc(C(=O)N2CC(C)(C)OC3(CCOC3)C2)nc1. The molecule has 2 aliphatic rings. The van der Waals surface area contributed by atoms with Crippen LogP contribution in [0.2, 0.25) is 0 Å². The molecule has 0 radical (unpaired) electrons. The number of aromatic nitrogens is 1. The van der Waals surface area contributed by atoms with Crippen molar-refractivity contribution in [2.75, 3.05) is 26.3 Å². The Labute approximate surface area is 149 Å². The molecule has 1 aromatic heterocycles. The highest BCUT2D eigenvalue weighted by atomic mass is 16.6. The Morgan fingerprint density at radius 3 is 2.60 bits per heavy atom. The average molecular weight is 348 g/mol. The van der Waals surface area contributed by atoms with Crippen molar-refractivity contribution in [2.45, 2.75) is 57.8 Å². The van der Waals surface area contributed by atoms with Gasteiger partial charge in [0.05, 0.1) is 24.9 Å².